The van der Waals surface area contributed by atoms with Crippen LogP contribution in [0.1, 0.15) is 37.0 Å². The maximum absolute atomic E-state index is 3.58. The van der Waals surface area contributed by atoms with Crippen LogP contribution in [-0.2, 0) is 5.41 Å². The van der Waals surface area contributed by atoms with E-state index in [2.05, 4.69) is 65.9 Å². The largest absolute Gasteiger partial charge is 0.0673 e. The Balaban J connectivity index is 2.03. The molecule has 0 aliphatic heterocycles. The third-order valence-electron chi connectivity index (χ3n) is 3.93. The summed E-state index contributed by atoms with van der Waals surface area (Å²) in [5.74, 6) is 6.61. The van der Waals surface area contributed by atoms with Crippen LogP contribution in [0.4, 0.5) is 0 Å². The molecule has 1 aliphatic carbocycles. The summed E-state index contributed by atoms with van der Waals surface area (Å²) in [5, 5.41) is 0. The molecule has 0 unspecified atom stereocenters. The molecule has 0 amide bonds. The number of fused-ring (bicyclic) bond motifs is 1. The van der Waals surface area contributed by atoms with Gasteiger partial charge >= 0.3 is 0 Å². The smallest absolute Gasteiger partial charge is 0.0284 e. The third-order valence-corrected chi connectivity index (χ3v) is 4.43. The average Bonchev–Trinajstić information content (AvgIpc) is 2.48. The molecule has 0 nitrogen and oxygen atoms in total. The lowest BCUT2D eigenvalue weighted by molar-refractivity contribution is 0.527. The van der Waals surface area contributed by atoms with Crippen molar-refractivity contribution in [2.45, 2.75) is 25.7 Å². The number of hydrogen-bond donors (Lipinski definition) is 0. The molecule has 0 heterocycles. The summed E-state index contributed by atoms with van der Waals surface area (Å²) < 4.78 is 1.13. The van der Waals surface area contributed by atoms with Gasteiger partial charge in [0, 0.05) is 15.6 Å². The van der Waals surface area contributed by atoms with Crippen molar-refractivity contribution in [2.75, 3.05) is 0 Å². The first kappa shape index (κ1) is 14.2. The van der Waals surface area contributed by atoms with Crippen LogP contribution >= 0.6 is 15.9 Å². The van der Waals surface area contributed by atoms with Gasteiger partial charge < -0.3 is 0 Å². The molecule has 0 saturated carbocycles. The Hall–Kier alpha value is -1.78. The van der Waals surface area contributed by atoms with Crippen molar-refractivity contribution in [3.05, 3.63) is 75.8 Å². The van der Waals surface area contributed by atoms with Gasteiger partial charge in [-0.3, -0.25) is 0 Å². The molecular formula is C20H17Br. The molecule has 2 aromatic rings. The SMILES string of the molecule is CC1(C)CC=C(C#Cc2ccccc2)c2ccc(Br)cc21. The third kappa shape index (κ3) is 2.96. The summed E-state index contributed by atoms with van der Waals surface area (Å²) in [6, 6.07) is 16.6. The van der Waals surface area contributed by atoms with Crippen LogP contribution in [0.15, 0.2) is 59.1 Å². The van der Waals surface area contributed by atoms with Gasteiger partial charge in [0.05, 0.1) is 0 Å². The van der Waals surface area contributed by atoms with Gasteiger partial charge in [-0.25, -0.2) is 0 Å². The minimum atomic E-state index is 0.164. The molecule has 0 radical (unpaired) electrons. The number of halogens is 1. The van der Waals surface area contributed by atoms with E-state index in [1.54, 1.807) is 0 Å². The predicted octanol–water partition coefficient (Wildman–Crippen LogP) is 5.57. The molecule has 21 heavy (non-hydrogen) atoms. The highest BCUT2D eigenvalue weighted by atomic mass is 79.9. The Morgan fingerprint density at radius 2 is 1.76 bits per heavy atom. The van der Waals surface area contributed by atoms with Crippen LogP contribution in [0.2, 0.25) is 0 Å². The molecule has 104 valence electrons. The van der Waals surface area contributed by atoms with E-state index < -0.39 is 0 Å². The van der Waals surface area contributed by atoms with Crippen molar-refractivity contribution in [1.29, 1.82) is 0 Å². The number of allylic oxidation sites excluding steroid dienone is 2. The van der Waals surface area contributed by atoms with E-state index >= 15 is 0 Å². The molecule has 0 saturated heterocycles. The second-order valence-electron chi connectivity index (χ2n) is 6.01. The first-order valence-corrected chi connectivity index (χ1v) is 7.93. The number of benzene rings is 2. The second-order valence-corrected chi connectivity index (χ2v) is 6.93. The zero-order chi connectivity index (χ0) is 14.9. The zero-order valence-corrected chi connectivity index (χ0v) is 13.9. The topological polar surface area (TPSA) is 0 Å². The fourth-order valence-electron chi connectivity index (χ4n) is 2.67. The van der Waals surface area contributed by atoms with Crippen LogP contribution in [0.25, 0.3) is 5.57 Å². The molecule has 3 rings (SSSR count). The Kier molecular flexibility index (Phi) is 3.74. The Morgan fingerprint density at radius 1 is 1.00 bits per heavy atom. The quantitative estimate of drug-likeness (QED) is 0.552. The first-order chi connectivity index (χ1) is 10.1. The van der Waals surface area contributed by atoms with E-state index in [1.165, 1.54) is 11.1 Å². The van der Waals surface area contributed by atoms with Crippen molar-refractivity contribution in [1.82, 2.24) is 0 Å². The monoisotopic (exact) mass is 336 g/mol. The van der Waals surface area contributed by atoms with Gasteiger partial charge in [-0.1, -0.05) is 72.0 Å². The molecule has 0 bridgehead atoms. The van der Waals surface area contributed by atoms with Crippen molar-refractivity contribution < 1.29 is 0 Å². The van der Waals surface area contributed by atoms with Gasteiger partial charge in [0.25, 0.3) is 0 Å². The summed E-state index contributed by atoms with van der Waals surface area (Å²) in [5.41, 5.74) is 4.99. The fourth-order valence-corrected chi connectivity index (χ4v) is 3.03. The number of rotatable bonds is 0. The van der Waals surface area contributed by atoms with Crippen molar-refractivity contribution >= 4 is 21.5 Å². The lowest BCUT2D eigenvalue weighted by Crippen LogP contribution is -2.21. The predicted molar refractivity (Wildman–Crippen MR) is 93.1 cm³/mol. The van der Waals surface area contributed by atoms with Crippen molar-refractivity contribution in [3.8, 4) is 11.8 Å². The highest BCUT2D eigenvalue weighted by molar-refractivity contribution is 9.10. The zero-order valence-electron chi connectivity index (χ0n) is 12.3. The van der Waals surface area contributed by atoms with Gasteiger partial charge in [0.2, 0.25) is 0 Å². The molecule has 0 aromatic heterocycles. The lowest BCUT2D eigenvalue weighted by atomic mass is 9.73. The minimum Gasteiger partial charge on any atom is -0.0673 e. The molecule has 0 spiro atoms. The van der Waals surface area contributed by atoms with Crippen LogP contribution in [0.3, 0.4) is 0 Å². The maximum Gasteiger partial charge on any atom is 0.0284 e. The molecule has 1 aliphatic rings. The summed E-state index contributed by atoms with van der Waals surface area (Å²) in [4.78, 5) is 0. The van der Waals surface area contributed by atoms with E-state index in [0.717, 1.165) is 22.0 Å². The van der Waals surface area contributed by atoms with Crippen molar-refractivity contribution in [3.63, 3.8) is 0 Å². The molecule has 1 heteroatoms. The molecule has 0 fully saturated rings. The Labute approximate surface area is 135 Å². The molecule has 0 atom stereocenters. The highest BCUT2D eigenvalue weighted by Gasteiger charge is 2.27. The first-order valence-electron chi connectivity index (χ1n) is 7.14. The summed E-state index contributed by atoms with van der Waals surface area (Å²) >= 11 is 3.58. The van der Waals surface area contributed by atoms with E-state index in [0.29, 0.717) is 0 Å². The van der Waals surface area contributed by atoms with Crippen LogP contribution < -0.4 is 0 Å². The van der Waals surface area contributed by atoms with E-state index in [9.17, 15) is 0 Å². The fraction of sp³-hybridized carbons (Fsp3) is 0.200. The molecule has 2 aromatic carbocycles. The van der Waals surface area contributed by atoms with Crippen LogP contribution in [0.5, 0.6) is 0 Å². The normalized spacial score (nSPS) is 15.5. The van der Waals surface area contributed by atoms with E-state index in [-0.39, 0.29) is 5.41 Å². The highest BCUT2D eigenvalue weighted by Crippen LogP contribution is 2.39. The lowest BCUT2D eigenvalue weighted by Gasteiger charge is -2.31. The Morgan fingerprint density at radius 3 is 2.52 bits per heavy atom. The van der Waals surface area contributed by atoms with E-state index in [1.807, 2.05) is 30.3 Å². The molecule has 0 N–H and O–H groups in total. The van der Waals surface area contributed by atoms with Gasteiger partial charge in [-0.05, 0) is 47.2 Å². The minimum absolute atomic E-state index is 0.164. The summed E-state index contributed by atoms with van der Waals surface area (Å²) in [6.07, 6.45) is 3.29. The maximum atomic E-state index is 3.58. The number of hydrogen-bond acceptors (Lipinski definition) is 0. The van der Waals surface area contributed by atoms with Gasteiger partial charge in [0.15, 0.2) is 0 Å². The summed E-state index contributed by atoms with van der Waals surface area (Å²) in [6.45, 7) is 4.58. The molecular weight excluding hydrogens is 320 g/mol. The van der Waals surface area contributed by atoms with Gasteiger partial charge in [-0.2, -0.15) is 0 Å². The van der Waals surface area contributed by atoms with Gasteiger partial charge in [0.1, 0.15) is 0 Å². The van der Waals surface area contributed by atoms with Crippen molar-refractivity contribution in [2.24, 2.45) is 0 Å². The average molecular weight is 337 g/mol. The van der Waals surface area contributed by atoms with Gasteiger partial charge in [-0.15, -0.1) is 0 Å². The van der Waals surface area contributed by atoms with Crippen LogP contribution in [0, 0.1) is 11.8 Å². The van der Waals surface area contributed by atoms with E-state index in [4.69, 9.17) is 0 Å². The van der Waals surface area contributed by atoms with Crippen LogP contribution in [-0.4, -0.2) is 0 Å². The summed E-state index contributed by atoms with van der Waals surface area (Å²) in [7, 11) is 0. The Bertz CT molecular complexity index is 755. The standard InChI is InChI=1S/C20H17Br/c1-20(2)13-12-16(9-8-15-6-4-3-5-7-15)18-11-10-17(21)14-19(18)20/h3-7,10-12,14H,13H2,1-2H3. The second kappa shape index (κ2) is 5.54.